The number of carbonyl (C=O) groups is 1. The van der Waals surface area contributed by atoms with Crippen molar-refractivity contribution >= 4 is 17.5 Å². The lowest BCUT2D eigenvalue weighted by Crippen LogP contribution is -2.29. The van der Waals surface area contributed by atoms with Crippen molar-refractivity contribution in [1.82, 2.24) is 5.32 Å². The summed E-state index contributed by atoms with van der Waals surface area (Å²) in [6, 6.07) is 0. The number of allylic oxidation sites excluding steroid dienone is 1. The van der Waals surface area contributed by atoms with Crippen molar-refractivity contribution < 1.29 is 4.79 Å². The van der Waals surface area contributed by atoms with E-state index in [0.29, 0.717) is 6.54 Å². The fourth-order valence-corrected chi connectivity index (χ4v) is 0.926. The minimum atomic E-state index is -0.431. The van der Waals surface area contributed by atoms with E-state index in [0.717, 1.165) is 5.92 Å². The number of carbonyl (C=O) groups excluding carboxylic acids is 1. The molecule has 1 amide bonds. The maximum atomic E-state index is 10.9. The van der Waals surface area contributed by atoms with Crippen molar-refractivity contribution in [3.05, 3.63) is 12.2 Å². The standard InChI is InChI=1S/C9H14ClNO/c1-7(10)9(12)11-6-2-3-8-4-5-8/h2-3,7-8H,4-6H2,1H3,(H,11,12)/b3-2+. The fraction of sp³-hybridized carbons (Fsp3) is 0.667. The third-order valence-electron chi connectivity index (χ3n) is 1.79. The van der Waals surface area contributed by atoms with Gasteiger partial charge >= 0.3 is 0 Å². The SMILES string of the molecule is CC(Cl)C(=O)NC/C=C/C1CC1. The van der Waals surface area contributed by atoms with E-state index in [1.54, 1.807) is 6.92 Å². The molecule has 0 bridgehead atoms. The minimum Gasteiger partial charge on any atom is -0.351 e. The van der Waals surface area contributed by atoms with Gasteiger partial charge in [0.15, 0.2) is 0 Å². The van der Waals surface area contributed by atoms with Crippen LogP contribution in [0.15, 0.2) is 12.2 Å². The van der Waals surface area contributed by atoms with Crippen molar-refractivity contribution in [2.75, 3.05) is 6.54 Å². The second-order valence-corrected chi connectivity index (χ2v) is 3.78. The smallest absolute Gasteiger partial charge is 0.238 e. The maximum Gasteiger partial charge on any atom is 0.238 e. The van der Waals surface area contributed by atoms with Gasteiger partial charge in [-0.05, 0) is 25.7 Å². The van der Waals surface area contributed by atoms with Gasteiger partial charge in [0.25, 0.3) is 0 Å². The van der Waals surface area contributed by atoms with Crippen LogP contribution in [-0.4, -0.2) is 17.8 Å². The van der Waals surface area contributed by atoms with E-state index in [4.69, 9.17) is 11.6 Å². The summed E-state index contributed by atoms with van der Waals surface area (Å²) in [7, 11) is 0. The molecule has 1 rings (SSSR count). The molecule has 1 N–H and O–H groups in total. The molecule has 3 heteroatoms. The van der Waals surface area contributed by atoms with Gasteiger partial charge in [-0.1, -0.05) is 12.2 Å². The molecule has 12 heavy (non-hydrogen) atoms. The van der Waals surface area contributed by atoms with Crippen LogP contribution in [0.3, 0.4) is 0 Å². The number of hydrogen-bond donors (Lipinski definition) is 1. The molecular formula is C9H14ClNO. The second kappa shape index (κ2) is 4.51. The number of amides is 1. The van der Waals surface area contributed by atoms with Crippen LogP contribution < -0.4 is 5.32 Å². The van der Waals surface area contributed by atoms with Crippen LogP contribution in [-0.2, 0) is 4.79 Å². The molecule has 1 saturated carbocycles. The number of halogens is 1. The average Bonchev–Trinajstić information content (AvgIpc) is 2.80. The molecule has 0 radical (unpaired) electrons. The Bertz CT molecular complexity index is 185. The van der Waals surface area contributed by atoms with Crippen molar-refractivity contribution in [3.8, 4) is 0 Å². The molecular weight excluding hydrogens is 174 g/mol. The molecule has 1 fully saturated rings. The molecule has 68 valence electrons. The summed E-state index contributed by atoms with van der Waals surface area (Å²) < 4.78 is 0. The van der Waals surface area contributed by atoms with E-state index < -0.39 is 5.38 Å². The summed E-state index contributed by atoms with van der Waals surface area (Å²) in [5, 5.41) is 2.28. The summed E-state index contributed by atoms with van der Waals surface area (Å²) in [5.41, 5.74) is 0. The number of alkyl halides is 1. The summed E-state index contributed by atoms with van der Waals surface area (Å²) in [6.07, 6.45) is 6.75. The third-order valence-corrected chi connectivity index (χ3v) is 1.98. The Hall–Kier alpha value is -0.500. The van der Waals surface area contributed by atoms with E-state index in [-0.39, 0.29) is 5.91 Å². The van der Waals surface area contributed by atoms with Gasteiger partial charge in [0, 0.05) is 6.54 Å². The summed E-state index contributed by atoms with van der Waals surface area (Å²) in [4.78, 5) is 10.9. The van der Waals surface area contributed by atoms with Gasteiger partial charge in [0.1, 0.15) is 5.38 Å². The summed E-state index contributed by atoms with van der Waals surface area (Å²) >= 11 is 5.55. The lowest BCUT2D eigenvalue weighted by atomic mass is 10.3. The number of nitrogens with one attached hydrogen (secondary N) is 1. The second-order valence-electron chi connectivity index (χ2n) is 3.13. The van der Waals surface area contributed by atoms with Gasteiger partial charge < -0.3 is 5.32 Å². The van der Waals surface area contributed by atoms with Crippen molar-refractivity contribution in [3.63, 3.8) is 0 Å². The zero-order chi connectivity index (χ0) is 8.97. The minimum absolute atomic E-state index is 0.0999. The molecule has 1 aliphatic carbocycles. The quantitative estimate of drug-likeness (QED) is 0.527. The molecule has 0 aromatic rings. The van der Waals surface area contributed by atoms with Crippen molar-refractivity contribution in [2.45, 2.75) is 25.1 Å². The number of hydrogen-bond acceptors (Lipinski definition) is 1. The van der Waals surface area contributed by atoms with Gasteiger partial charge in [-0.25, -0.2) is 0 Å². The molecule has 1 aliphatic rings. The molecule has 0 aliphatic heterocycles. The highest BCUT2D eigenvalue weighted by Gasteiger charge is 2.16. The first-order valence-corrected chi connectivity index (χ1v) is 4.72. The predicted molar refractivity (Wildman–Crippen MR) is 50.2 cm³/mol. The Morgan fingerprint density at radius 3 is 2.92 bits per heavy atom. The Morgan fingerprint density at radius 2 is 2.42 bits per heavy atom. The summed E-state index contributed by atoms with van der Waals surface area (Å²) in [6.45, 7) is 2.27. The molecule has 1 unspecified atom stereocenters. The van der Waals surface area contributed by atoms with Crippen molar-refractivity contribution in [2.24, 2.45) is 5.92 Å². The van der Waals surface area contributed by atoms with Crippen LogP contribution in [0.4, 0.5) is 0 Å². The van der Waals surface area contributed by atoms with Crippen LogP contribution >= 0.6 is 11.6 Å². The fourth-order valence-electron chi connectivity index (χ4n) is 0.849. The van der Waals surface area contributed by atoms with E-state index in [2.05, 4.69) is 11.4 Å². The lowest BCUT2D eigenvalue weighted by molar-refractivity contribution is -0.120. The number of rotatable bonds is 4. The highest BCUT2D eigenvalue weighted by Crippen LogP contribution is 2.29. The first-order chi connectivity index (χ1) is 5.70. The Morgan fingerprint density at radius 1 is 1.75 bits per heavy atom. The maximum absolute atomic E-state index is 10.9. The molecule has 1 atom stereocenters. The molecule has 0 heterocycles. The average molecular weight is 188 g/mol. The topological polar surface area (TPSA) is 29.1 Å². The van der Waals surface area contributed by atoms with Gasteiger partial charge in [-0.15, -0.1) is 11.6 Å². The molecule has 0 aromatic carbocycles. The van der Waals surface area contributed by atoms with Gasteiger partial charge in [-0.3, -0.25) is 4.79 Å². The Labute approximate surface area is 78.0 Å². The van der Waals surface area contributed by atoms with Gasteiger partial charge in [0.05, 0.1) is 0 Å². The monoisotopic (exact) mass is 187 g/mol. The van der Waals surface area contributed by atoms with E-state index in [1.165, 1.54) is 12.8 Å². The Balaban J connectivity index is 2.04. The predicted octanol–water partition coefficient (Wildman–Crippen LogP) is 1.70. The Kier molecular flexibility index (Phi) is 3.60. The zero-order valence-electron chi connectivity index (χ0n) is 7.22. The van der Waals surface area contributed by atoms with E-state index in [9.17, 15) is 4.79 Å². The molecule has 0 saturated heterocycles. The van der Waals surface area contributed by atoms with Crippen LogP contribution in [0.2, 0.25) is 0 Å². The van der Waals surface area contributed by atoms with E-state index in [1.807, 2.05) is 6.08 Å². The molecule has 0 aromatic heterocycles. The normalized spacial score (nSPS) is 19.5. The summed E-state index contributed by atoms with van der Waals surface area (Å²) in [5.74, 6) is 0.674. The lowest BCUT2D eigenvalue weighted by Gasteiger charge is -2.02. The zero-order valence-corrected chi connectivity index (χ0v) is 7.97. The molecule has 2 nitrogen and oxygen atoms in total. The largest absolute Gasteiger partial charge is 0.351 e. The van der Waals surface area contributed by atoms with Crippen LogP contribution in [0.1, 0.15) is 19.8 Å². The third kappa shape index (κ3) is 3.77. The van der Waals surface area contributed by atoms with Gasteiger partial charge in [0.2, 0.25) is 5.91 Å². The highest BCUT2D eigenvalue weighted by atomic mass is 35.5. The van der Waals surface area contributed by atoms with Crippen LogP contribution in [0.5, 0.6) is 0 Å². The first kappa shape index (κ1) is 9.59. The van der Waals surface area contributed by atoms with Crippen LogP contribution in [0.25, 0.3) is 0 Å². The van der Waals surface area contributed by atoms with Gasteiger partial charge in [-0.2, -0.15) is 0 Å². The molecule has 0 spiro atoms. The van der Waals surface area contributed by atoms with Crippen LogP contribution in [0, 0.1) is 5.92 Å². The highest BCUT2D eigenvalue weighted by molar-refractivity contribution is 6.30. The first-order valence-electron chi connectivity index (χ1n) is 4.28. The van der Waals surface area contributed by atoms with E-state index >= 15 is 0 Å². The van der Waals surface area contributed by atoms with Crippen molar-refractivity contribution in [1.29, 1.82) is 0 Å².